The van der Waals surface area contributed by atoms with Crippen LogP contribution in [0.1, 0.15) is 21.5 Å². The number of halogens is 2. The van der Waals surface area contributed by atoms with Crippen LogP contribution in [0.5, 0.6) is 0 Å². The molecule has 3 nitrogen and oxygen atoms in total. The van der Waals surface area contributed by atoms with E-state index in [4.69, 9.17) is 9.84 Å². The fourth-order valence-electron chi connectivity index (χ4n) is 1.61. The number of hydrogen-bond acceptors (Lipinski definition) is 3. The molecule has 1 N–H and O–H groups in total. The minimum Gasteiger partial charge on any atom is -0.457 e. The summed E-state index contributed by atoms with van der Waals surface area (Å²) in [6.45, 7) is -0.209. The largest absolute Gasteiger partial charge is 0.457 e. The average Bonchev–Trinajstić information content (AvgIpc) is 2.46. The Bertz CT molecular complexity index is 611. The number of carbonyl (C=O) groups excluding carboxylic acids is 1. The van der Waals surface area contributed by atoms with Crippen molar-refractivity contribution in [1.82, 2.24) is 0 Å². The zero-order valence-corrected chi connectivity index (χ0v) is 12.1. The molecule has 20 heavy (non-hydrogen) atoms. The van der Waals surface area contributed by atoms with Crippen molar-refractivity contribution in [2.24, 2.45) is 0 Å². The summed E-state index contributed by atoms with van der Waals surface area (Å²) in [7, 11) is 0. The lowest BCUT2D eigenvalue weighted by Crippen LogP contribution is -2.06. The van der Waals surface area contributed by atoms with E-state index in [1.165, 1.54) is 6.07 Å². The molecule has 0 atom stereocenters. The van der Waals surface area contributed by atoms with E-state index in [2.05, 4.69) is 15.9 Å². The van der Waals surface area contributed by atoms with Gasteiger partial charge in [0.15, 0.2) is 0 Å². The predicted octanol–water partition coefficient (Wildman–Crippen LogP) is 3.44. The van der Waals surface area contributed by atoms with Gasteiger partial charge >= 0.3 is 5.97 Å². The van der Waals surface area contributed by atoms with Crippen molar-refractivity contribution in [2.45, 2.75) is 13.2 Å². The van der Waals surface area contributed by atoms with Crippen molar-refractivity contribution in [1.29, 1.82) is 0 Å². The Labute approximate surface area is 124 Å². The van der Waals surface area contributed by atoms with Gasteiger partial charge in [0.2, 0.25) is 0 Å². The Morgan fingerprint density at radius 2 is 1.90 bits per heavy atom. The quantitative estimate of drug-likeness (QED) is 0.868. The summed E-state index contributed by atoms with van der Waals surface area (Å²) >= 11 is 3.16. The summed E-state index contributed by atoms with van der Waals surface area (Å²) in [4.78, 5) is 11.8. The molecular formula is C15H12BrFO3. The van der Waals surface area contributed by atoms with Gasteiger partial charge < -0.3 is 9.84 Å². The summed E-state index contributed by atoms with van der Waals surface area (Å²) in [6.07, 6.45) is 0. The van der Waals surface area contributed by atoms with Crippen molar-refractivity contribution < 1.29 is 19.0 Å². The van der Waals surface area contributed by atoms with Crippen LogP contribution < -0.4 is 0 Å². The van der Waals surface area contributed by atoms with E-state index in [0.717, 1.165) is 0 Å². The molecule has 0 aliphatic rings. The fourth-order valence-corrected chi connectivity index (χ4v) is 1.94. The van der Waals surface area contributed by atoms with E-state index in [-0.39, 0.29) is 13.2 Å². The minimum absolute atomic E-state index is 0.0839. The lowest BCUT2D eigenvalue weighted by atomic mass is 10.1. The number of aliphatic hydroxyl groups is 1. The van der Waals surface area contributed by atoms with Crippen LogP contribution >= 0.6 is 15.9 Å². The first kappa shape index (κ1) is 14.7. The Morgan fingerprint density at radius 1 is 1.20 bits per heavy atom. The standard InChI is InChI=1S/C15H12BrFO3/c16-13-6-5-12(14(17)7-13)9-20-15(19)11-3-1-10(8-18)2-4-11/h1-7,18H,8-9H2. The molecule has 0 saturated carbocycles. The molecule has 0 aliphatic carbocycles. The average molecular weight is 339 g/mol. The van der Waals surface area contributed by atoms with Gasteiger partial charge in [-0.3, -0.25) is 0 Å². The number of carbonyl (C=O) groups is 1. The molecule has 0 aromatic heterocycles. The zero-order chi connectivity index (χ0) is 14.5. The second-order valence-electron chi connectivity index (χ2n) is 4.17. The Morgan fingerprint density at radius 3 is 2.50 bits per heavy atom. The molecule has 0 unspecified atom stereocenters. The predicted molar refractivity (Wildman–Crippen MR) is 75.6 cm³/mol. The van der Waals surface area contributed by atoms with E-state index in [1.807, 2.05) is 0 Å². The Hall–Kier alpha value is -1.72. The Kier molecular flexibility index (Phi) is 4.87. The third kappa shape index (κ3) is 3.65. The van der Waals surface area contributed by atoms with Gasteiger partial charge in [-0.05, 0) is 29.8 Å². The third-order valence-corrected chi connectivity index (χ3v) is 3.24. The van der Waals surface area contributed by atoms with Crippen molar-refractivity contribution in [3.8, 4) is 0 Å². The van der Waals surface area contributed by atoms with E-state index < -0.39 is 11.8 Å². The molecule has 2 aromatic carbocycles. The minimum atomic E-state index is -0.531. The molecule has 0 heterocycles. The van der Waals surface area contributed by atoms with Crippen LogP contribution in [0.15, 0.2) is 46.9 Å². The van der Waals surface area contributed by atoms with Crippen molar-refractivity contribution >= 4 is 21.9 Å². The van der Waals surface area contributed by atoms with Crippen molar-refractivity contribution in [2.75, 3.05) is 0 Å². The van der Waals surface area contributed by atoms with Crippen LogP contribution in [0.4, 0.5) is 4.39 Å². The summed E-state index contributed by atoms with van der Waals surface area (Å²) in [6, 6.07) is 11.0. The van der Waals surface area contributed by atoms with Gasteiger partial charge in [0.25, 0.3) is 0 Å². The maximum Gasteiger partial charge on any atom is 0.338 e. The van der Waals surface area contributed by atoms with E-state index in [1.54, 1.807) is 36.4 Å². The molecule has 0 spiro atoms. The number of hydrogen-bond donors (Lipinski definition) is 1. The van der Waals surface area contributed by atoms with Gasteiger partial charge in [0.05, 0.1) is 12.2 Å². The molecule has 0 bridgehead atoms. The SMILES string of the molecule is O=C(OCc1ccc(Br)cc1F)c1ccc(CO)cc1. The van der Waals surface area contributed by atoms with Gasteiger partial charge in [-0.1, -0.05) is 34.1 Å². The van der Waals surface area contributed by atoms with Crippen LogP contribution in [0.3, 0.4) is 0 Å². The van der Waals surface area contributed by atoms with Crippen molar-refractivity contribution in [3.05, 3.63) is 69.4 Å². The molecular weight excluding hydrogens is 327 g/mol. The van der Waals surface area contributed by atoms with Gasteiger partial charge in [-0.25, -0.2) is 9.18 Å². The highest BCUT2D eigenvalue weighted by molar-refractivity contribution is 9.10. The fraction of sp³-hybridized carbons (Fsp3) is 0.133. The topological polar surface area (TPSA) is 46.5 Å². The first-order valence-electron chi connectivity index (χ1n) is 5.91. The van der Waals surface area contributed by atoms with Crippen LogP contribution in [-0.2, 0) is 18.0 Å². The van der Waals surface area contributed by atoms with E-state index in [9.17, 15) is 9.18 Å². The third-order valence-electron chi connectivity index (χ3n) is 2.75. The van der Waals surface area contributed by atoms with Crippen LogP contribution in [-0.4, -0.2) is 11.1 Å². The molecule has 0 saturated heterocycles. The van der Waals surface area contributed by atoms with Crippen molar-refractivity contribution in [3.63, 3.8) is 0 Å². The van der Waals surface area contributed by atoms with E-state index in [0.29, 0.717) is 21.2 Å². The summed E-state index contributed by atoms with van der Waals surface area (Å²) in [5.74, 6) is -0.959. The molecule has 0 amide bonds. The van der Waals surface area contributed by atoms with Crippen LogP contribution in [0.25, 0.3) is 0 Å². The molecule has 104 valence electrons. The smallest absolute Gasteiger partial charge is 0.338 e. The second-order valence-corrected chi connectivity index (χ2v) is 5.08. The van der Waals surface area contributed by atoms with Gasteiger partial charge in [0, 0.05) is 10.0 Å². The highest BCUT2D eigenvalue weighted by atomic mass is 79.9. The number of rotatable bonds is 4. The highest BCUT2D eigenvalue weighted by Crippen LogP contribution is 2.16. The number of ether oxygens (including phenoxy) is 1. The molecule has 0 radical (unpaired) electrons. The first-order valence-corrected chi connectivity index (χ1v) is 6.70. The lowest BCUT2D eigenvalue weighted by Gasteiger charge is -2.06. The summed E-state index contributed by atoms with van der Waals surface area (Å²) in [5, 5.41) is 8.91. The lowest BCUT2D eigenvalue weighted by molar-refractivity contribution is 0.0469. The van der Waals surface area contributed by atoms with Gasteiger partial charge in [-0.2, -0.15) is 0 Å². The maximum absolute atomic E-state index is 13.6. The zero-order valence-electron chi connectivity index (χ0n) is 10.5. The number of esters is 1. The van der Waals surface area contributed by atoms with E-state index >= 15 is 0 Å². The Balaban J connectivity index is 2.00. The number of aliphatic hydroxyl groups excluding tert-OH is 1. The first-order chi connectivity index (χ1) is 9.60. The monoisotopic (exact) mass is 338 g/mol. The molecule has 0 aliphatic heterocycles. The van der Waals surface area contributed by atoms with Gasteiger partial charge in [-0.15, -0.1) is 0 Å². The summed E-state index contributed by atoms with van der Waals surface area (Å²) < 4.78 is 19.2. The van der Waals surface area contributed by atoms with Crippen LogP contribution in [0.2, 0.25) is 0 Å². The normalized spacial score (nSPS) is 10.3. The molecule has 2 rings (SSSR count). The molecule has 2 aromatic rings. The van der Waals surface area contributed by atoms with Crippen LogP contribution in [0, 0.1) is 5.82 Å². The molecule has 0 fully saturated rings. The number of benzene rings is 2. The summed E-state index contributed by atoms with van der Waals surface area (Å²) in [5.41, 5.74) is 1.38. The maximum atomic E-state index is 13.6. The highest BCUT2D eigenvalue weighted by Gasteiger charge is 2.09. The van der Waals surface area contributed by atoms with Gasteiger partial charge in [0.1, 0.15) is 12.4 Å². The second kappa shape index (κ2) is 6.63. The molecule has 5 heteroatoms.